The molecule has 1 saturated heterocycles. The van der Waals surface area contributed by atoms with Crippen molar-refractivity contribution in [1.82, 2.24) is 29.7 Å². The van der Waals surface area contributed by atoms with Gasteiger partial charge in [0.15, 0.2) is 0 Å². The first-order valence-electron chi connectivity index (χ1n) is 10.3. The number of aromatic nitrogens is 4. The number of nitrogen functional groups attached to an aromatic ring is 1. The van der Waals surface area contributed by atoms with Crippen LogP contribution in [0.3, 0.4) is 0 Å². The molecule has 3 N–H and O–H groups in total. The fourth-order valence-corrected chi connectivity index (χ4v) is 4.97. The van der Waals surface area contributed by atoms with Crippen molar-refractivity contribution in [3.05, 3.63) is 35.7 Å². The van der Waals surface area contributed by atoms with Crippen LogP contribution in [0, 0.1) is 5.92 Å². The summed E-state index contributed by atoms with van der Waals surface area (Å²) in [6, 6.07) is 0. The van der Waals surface area contributed by atoms with Gasteiger partial charge in [0, 0.05) is 62.2 Å². The quantitative estimate of drug-likeness (QED) is 0.834. The fourth-order valence-electron chi connectivity index (χ4n) is 4.97. The van der Waals surface area contributed by atoms with Crippen molar-refractivity contribution in [1.29, 1.82) is 0 Å². The summed E-state index contributed by atoms with van der Waals surface area (Å²) in [6.07, 6.45) is 11.4. The molecule has 0 atom stereocenters. The third kappa shape index (κ3) is 2.87. The number of nitrogens with one attached hydrogen (secondary N) is 1. The molecule has 8 heteroatoms. The second-order valence-electron chi connectivity index (χ2n) is 8.35. The lowest BCUT2D eigenvalue weighted by Crippen LogP contribution is -2.59. The van der Waals surface area contributed by atoms with E-state index in [9.17, 15) is 4.79 Å². The number of carbonyl (C=O) groups excluding carboxylic acids is 1. The molecule has 28 heavy (non-hydrogen) atoms. The Hall–Kier alpha value is -2.48. The molecule has 0 unspecified atom stereocenters. The molecule has 1 aliphatic carbocycles. The maximum absolute atomic E-state index is 13.2. The zero-order chi connectivity index (χ0) is 19.1. The van der Waals surface area contributed by atoms with E-state index in [1.165, 1.54) is 12.1 Å². The van der Waals surface area contributed by atoms with E-state index in [1.807, 2.05) is 0 Å². The maximum Gasteiger partial charge on any atom is 0.226 e. The van der Waals surface area contributed by atoms with E-state index in [-0.39, 0.29) is 11.5 Å². The van der Waals surface area contributed by atoms with Crippen LogP contribution < -0.4 is 5.73 Å². The number of hydrogen-bond acceptors (Lipinski definition) is 6. The van der Waals surface area contributed by atoms with Gasteiger partial charge >= 0.3 is 0 Å². The van der Waals surface area contributed by atoms with Crippen LogP contribution in [0.1, 0.15) is 49.1 Å². The van der Waals surface area contributed by atoms with Gasteiger partial charge in [-0.2, -0.15) is 0 Å². The standard InChI is InChI=1S/C20H27N7O/c21-19-22-10-14(11-23-19)12-26-8-5-20(6-9-26)17-16(24-13-25-17)4-7-27(20)18(28)15-2-1-3-15/h10-11,13,15H,1-9,12H2,(H,24,25)(H2,21,22,23). The minimum atomic E-state index is -0.256. The predicted octanol–water partition coefficient (Wildman–Crippen LogP) is 1.46. The summed E-state index contributed by atoms with van der Waals surface area (Å²) in [5, 5.41) is 0. The zero-order valence-electron chi connectivity index (χ0n) is 16.1. The number of amides is 1. The smallest absolute Gasteiger partial charge is 0.226 e. The maximum atomic E-state index is 13.2. The monoisotopic (exact) mass is 381 g/mol. The number of imidazole rings is 1. The highest BCUT2D eigenvalue weighted by atomic mass is 16.2. The topological polar surface area (TPSA) is 104 Å². The van der Waals surface area contributed by atoms with Gasteiger partial charge in [-0.3, -0.25) is 9.69 Å². The highest BCUT2D eigenvalue weighted by Gasteiger charge is 2.50. The largest absolute Gasteiger partial charge is 0.368 e. The molecule has 148 valence electrons. The van der Waals surface area contributed by atoms with Crippen LogP contribution in [0.5, 0.6) is 0 Å². The zero-order valence-corrected chi connectivity index (χ0v) is 16.1. The van der Waals surface area contributed by atoms with Gasteiger partial charge in [-0.15, -0.1) is 0 Å². The Morgan fingerprint density at radius 2 is 1.93 bits per heavy atom. The van der Waals surface area contributed by atoms with E-state index >= 15 is 0 Å². The number of carbonyl (C=O) groups is 1. The number of nitrogens with two attached hydrogens (primary N) is 1. The van der Waals surface area contributed by atoms with Crippen molar-refractivity contribution >= 4 is 11.9 Å². The summed E-state index contributed by atoms with van der Waals surface area (Å²) in [6.45, 7) is 3.45. The normalized spacial score (nSPS) is 22.1. The van der Waals surface area contributed by atoms with Crippen LogP contribution in [0.15, 0.2) is 18.7 Å². The number of hydrogen-bond donors (Lipinski definition) is 2. The fraction of sp³-hybridized carbons (Fsp3) is 0.600. The minimum absolute atomic E-state index is 0.224. The first kappa shape index (κ1) is 17.6. The molecule has 0 radical (unpaired) electrons. The Labute approximate surface area is 164 Å². The second kappa shape index (κ2) is 6.84. The molecule has 2 aromatic heterocycles. The lowest BCUT2D eigenvalue weighted by molar-refractivity contribution is -0.149. The summed E-state index contributed by atoms with van der Waals surface area (Å²) >= 11 is 0. The molecule has 1 amide bonds. The summed E-state index contributed by atoms with van der Waals surface area (Å²) in [5.74, 6) is 0.877. The lowest BCUT2D eigenvalue weighted by atomic mass is 9.76. The van der Waals surface area contributed by atoms with Gasteiger partial charge in [0.2, 0.25) is 11.9 Å². The third-order valence-corrected chi connectivity index (χ3v) is 6.80. The van der Waals surface area contributed by atoms with Gasteiger partial charge in [-0.05, 0) is 25.7 Å². The third-order valence-electron chi connectivity index (χ3n) is 6.80. The number of likely N-dealkylation sites (tertiary alicyclic amines) is 1. The van der Waals surface area contributed by atoms with Gasteiger partial charge in [0.05, 0.1) is 17.6 Å². The van der Waals surface area contributed by atoms with E-state index in [4.69, 9.17) is 5.73 Å². The molecule has 4 heterocycles. The molecule has 0 bridgehead atoms. The van der Waals surface area contributed by atoms with Crippen LogP contribution >= 0.6 is 0 Å². The van der Waals surface area contributed by atoms with Crippen molar-refractivity contribution in [3.8, 4) is 0 Å². The Balaban J connectivity index is 1.36. The van der Waals surface area contributed by atoms with Crippen molar-refractivity contribution in [2.75, 3.05) is 25.4 Å². The average Bonchev–Trinajstić information content (AvgIpc) is 3.14. The molecule has 3 aliphatic rings. The first-order chi connectivity index (χ1) is 13.7. The lowest BCUT2D eigenvalue weighted by Gasteiger charge is -2.52. The van der Waals surface area contributed by atoms with E-state index in [1.54, 1.807) is 18.7 Å². The summed E-state index contributed by atoms with van der Waals surface area (Å²) in [4.78, 5) is 34.0. The number of aromatic amines is 1. The van der Waals surface area contributed by atoms with E-state index in [2.05, 4.69) is 29.7 Å². The summed E-state index contributed by atoms with van der Waals surface area (Å²) < 4.78 is 0. The molecule has 1 saturated carbocycles. The number of nitrogens with zero attached hydrogens (tertiary/aromatic N) is 5. The Kier molecular flexibility index (Phi) is 4.30. The average molecular weight is 381 g/mol. The molecular formula is C20H27N7O. The summed E-state index contributed by atoms with van der Waals surface area (Å²) in [7, 11) is 0. The van der Waals surface area contributed by atoms with E-state index in [0.717, 1.165) is 69.5 Å². The molecular weight excluding hydrogens is 354 g/mol. The summed E-state index contributed by atoms with van der Waals surface area (Å²) in [5.41, 5.74) is 8.71. The highest BCUT2D eigenvalue weighted by Crippen LogP contribution is 2.44. The molecule has 5 rings (SSSR count). The van der Waals surface area contributed by atoms with Crippen molar-refractivity contribution < 1.29 is 4.79 Å². The molecule has 1 spiro atoms. The van der Waals surface area contributed by atoms with Gasteiger partial charge < -0.3 is 15.6 Å². The van der Waals surface area contributed by atoms with E-state index < -0.39 is 0 Å². The van der Waals surface area contributed by atoms with Crippen molar-refractivity contribution in [2.24, 2.45) is 5.92 Å². The van der Waals surface area contributed by atoms with Crippen LogP contribution in [-0.2, 0) is 23.3 Å². The first-order valence-corrected chi connectivity index (χ1v) is 10.3. The number of anilines is 1. The number of piperidine rings is 1. The van der Waals surface area contributed by atoms with Crippen LogP contribution in [0.2, 0.25) is 0 Å². The highest BCUT2D eigenvalue weighted by molar-refractivity contribution is 5.81. The number of rotatable bonds is 3. The van der Waals surface area contributed by atoms with Crippen LogP contribution in [0.4, 0.5) is 5.95 Å². The molecule has 0 aromatic carbocycles. The number of fused-ring (bicyclic) bond motifs is 2. The second-order valence-corrected chi connectivity index (χ2v) is 8.35. The van der Waals surface area contributed by atoms with Gasteiger partial charge in [0.25, 0.3) is 0 Å². The predicted molar refractivity (Wildman–Crippen MR) is 104 cm³/mol. The van der Waals surface area contributed by atoms with Crippen LogP contribution in [0.25, 0.3) is 0 Å². The number of H-pyrrole nitrogens is 1. The van der Waals surface area contributed by atoms with Gasteiger partial charge in [-0.1, -0.05) is 6.42 Å². The Morgan fingerprint density at radius 3 is 2.61 bits per heavy atom. The Morgan fingerprint density at radius 1 is 1.18 bits per heavy atom. The Bertz CT molecular complexity index is 850. The van der Waals surface area contributed by atoms with Crippen LogP contribution in [-0.4, -0.2) is 55.3 Å². The molecule has 2 fully saturated rings. The molecule has 2 aliphatic heterocycles. The molecule has 8 nitrogen and oxygen atoms in total. The van der Waals surface area contributed by atoms with Gasteiger partial charge in [-0.25, -0.2) is 15.0 Å². The minimum Gasteiger partial charge on any atom is -0.368 e. The molecule has 2 aromatic rings. The van der Waals surface area contributed by atoms with Crippen molar-refractivity contribution in [2.45, 2.75) is 50.6 Å². The SMILES string of the molecule is Nc1ncc(CN2CCC3(CC2)c2nc[nH]c2CCN3C(=O)C2CCC2)cn1. The van der Waals surface area contributed by atoms with E-state index in [0.29, 0.717) is 11.9 Å². The van der Waals surface area contributed by atoms with Gasteiger partial charge in [0.1, 0.15) is 0 Å². The van der Waals surface area contributed by atoms with Crippen molar-refractivity contribution in [3.63, 3.8) is 0 Å².